The molecule has 3 nitrogen and oxygen atoms in total. The van der Waals surface area contributed by atoms with Crippen LogP contribution in [0.1, 0.15) is 17.6 Å². The molecule has 1 N–H and O–H groups in total. The molecule has 0 bridgehead atoms. The first-order chi connectivity index (χ1) is 7.63. The van der Waals surface area contributed by atoms with Crippen LogP contribution in [0, 0.1) is 11.3 Å². The van der Waals surface area contributed by atoms with E-state index in [0.717, 1.165) is 0 Å². The maximum Gasteiger partial charge on any atom is 0.265 e. The second kappa shape index (κ2) is 4.18. The SMILES string of the molecule is N#CCc1ccc(C(F)F)c2[nH]c(Br)nc12. The Kier molecular flexibility index (Phi) is 2.88. The van der Waals surface area contributed by atoms with E-state index in [0.29, 0.717) is 15.8 Å². The molecular weight excluding hydrogens is 280 g/mol. The summed E-state index contributed by atoms with van der Waals surface area (Å²) < 4.78 is 25.8. The van der Waals surface area contributed by atoms with Gasteiger partial charge in [-0.05, 0) is 21.5 Å². The number of benzene rings is 1. The Hall–Kier alpha value is -1.48. The van der Waals surface area contributed by atoms with Crippen LogP contribution >= 0.6 is 15.9 Å². The summed E-state index contributed by atoms with van der Waals surface area (Å²) in [5.74, 6) is 0. The van der Waals surface area contributed by atoms with Crippen molar-refractivity contribution in [3.05, 3.63) is 28.0 Å². The first kappa shape index (κ1) is 11.0. The van der Waals surface area contributed by atoms with Crippen LogP contribution in [-0.2, 0) is 6.42 Å². The summed E-state index contributed by atoms with van der Waals surface area (Å²) in [6.45, 7) is 0. The lowest BCUT2D eigenvalue weighted by molar-refractivity contribution is 0.153. The summed E-state index contributed by atoms with van der Waals surface area (Å²) in [6, 6.07) is 4.82. The van der Waals surface area contributed by atoms with Gasteiger partial charge in [-0.1, -0.05) is 12.1 Å². The lowest BCUT2D eigenvalue weighted by atomic mass is 10.1. The number of halogens is 3. The van der Waals surface area contributed by atoms with Gasteiger partial charge in [0, 0.05) is 5.56 Å². The fourth-order valence-electron chi connectivity index (χ4n) is 1.55. The van der Waals surface area contributed by atoms with Crippen molar-refractivity contribution in [2.24, 2.45) is 0 Å². The maximum absolute atomic E-state index is 12.7. The molecule has 0 radical (unpaired) electrons. The largest absolute Gasteiger partial charge is 0.332 e. The van der Waals surface area contributed by atoms with Gasteiger partial charge in [-0.25, -0.2) is 13.8 Å². The molecule has 1 aromatic heterocycles. The third-order valence-corrected chi connectivity index (χ3v) is 2.61. The van der Waals surface area contributed by atoms with Gasteiger partial charge in [0.2, 0.25) is 0 Å². The molecule has 2 rings (SSSR count). The molecule has 0 aliphatic carbocycles. The summed E-state index contributed by atoms with van der Waals surface area (Å²) in [5.41, 5.74) is 1.25. The van der Waals surface area contributed by atoms with E-state index in [9.17, 15) is 8.78 Å². The zero-order valence-electron chi connectivity index (χ0n) is 7.97. The lowest BCUT2D eigenvalue weighted by Crippen LogP contribution is -1.91. The van der Waals surface area contributed by atoms with Gasteiger partial charge in [-0.3, -0.25) is 0 Å². The zero-order valence-corrected chi connectivity index (χ0v) is 9.55. The Labute approximate surface area is 98.2 Å². The van der Waals surface area contributed by atoms with Crippen LogP contribution in [0.4, 0.5) is 8.78 Å². The number of nitrogens with zero attached hydrogens (tertiary/aromatic N) is 2. The van der Waals surface area contributed by atoms with Crippen LogP contribution < -0.4 is 0 Å². The molecule has 0 saturated heterocycles. The predicted molar refractivity (Wildman–Crippen MR) is 58.1 cm³/mol. The number of rotatable bonds is 2. The molecular formula is C10H6BrF2N3. The van der Waals surface area contributed by atoms with Crippen molar-refractivity contribution in [1.82, 2.24) is 9.97 Å². The molecule has 0 aliphatic heterocycles. The highest BCUT2D eigenvalue weighted by Gasteiger charge is 2.16. The molecule has 0 unspecified atom stereocenters. The van der Waals surface area contributed by atoms with E-state index in [1.165, 1.54) is 12.1 Å². The summed E-state index contributed by atoms with van der Waals surface area (Å²) in [5, 5.41) is 8.62. The number of H-pyrrole nitrogens is 1. The summed E-state index contributed by atoms with van der Waals surface area (Å²) in [7, 11) is 0. The molecule has 82 valence electrons. The van der Waals surface area contributed by atoms with Crippen molar-refractivity contribution in [3.63, 3.8) is 0 Å². The Morgan fingerprint density at radius 3 is 2.88 bits per heavy atom. The Morgan fingerprint density at radius 2 is 2.25 bits per heavy atom. The molecule has 16 heavy (non-hydrogen) atoms. The zero-order chi connectivity index (χ0) is 11.7. The lowest BCUT2D eigenvalue weighted by Gasteiger charge is -2.03. The van der Waals surface area contributed by atoms with Crippen LogP contribution in [0.3, 0.4) is 0 Å². The third-order valence-electron chi connectivity index (χ3n) is 2.24. The standard InChI is InChI=1S/C10H6BrF2N3/c11-10-15-7-5(3-4-14)1-2-6(9(12)13)8(7)16-10/h1-2,9H,3H2,(H,15,16). The van der Waals surface area contributed by atoms with Crippen molar-refractivity contribution in [2.45, 2.75) is 12.8 Å². The molecule has 0 saturated carbocycles. The van der Waals surface area contributed by atoms with Crippen LogP contribution in [0.25, 0.3) is 11.0 Å². The third kappa shape index (κ3) is 1.78. The van der Waals surface area contributed by atoms with Gasteiger partial charge in [0.15, 0.2) is 4.73 Å². The Bertz CT molecular complexity index is 571. The maximum atomic E-state index is 12.7. The number of nitriles is 1. The van der Waals surface area contributed by atoms with Gasteiger partial charge in [-0.2, -0.15) is 5.26 Å². The fraction of sp³-hybridized carbons (Fsp3) is 0.200. The van der Waals surface area contributed by atoms with Crippen molar-refractivity contribution in [1.29, 1.82) is 5.26 Å². The molecule has 1 aromatic carbocycles. The van der Waals surface area contributed by atoms with E-state index in [-0.39, 0.29) is 17.5 Å². The Balaban J connectivity index is 2.72. The van der Waals surface area contributed by atoms with Crippen molar-refractivity contribution < 1.29 is 8.78 Å². The van der Waals surface area contributed by atoms with E-state index in [1.54, 1.807) is 0 Å². The number of alkyl halides is 2. The van der Waals surface area contributed by atoms with E-state index in [4.69, 9.17) is 5.26 Å². The van der Waals surface area contributed by atoms with Crippen LogP contribution in [0.2, 0.25) is 0 Å². The molecule has 2 aromatic rings. The van der Waals surface area contributed by atoms with Crippen molar-refractivity contribution in [3.8, 4) is 6.07 Å². The summed E-state index contributed by atoms with van der Waals surface area (Å²) in [6.07, 6.45) is -2.41. The molecule has 0 spiro atoms. The fourth-order valence-corrected chi connectivity index (χ4v) is 1.92. The predicted octanol–water partition coefficient (Wildman–Crippen LogP) is 3.33. The second-order valence-electron chi connectivity index (χ2n) is 3.20. The first-order valence-electron chi connectivity index (χ1n) is 4.45. The van der Waals surface area contributed by atoms with Crippen molar-refractivity contribution in [2.75, 3.05) is 0 Å². The van der Waals surface area contributed by atoms with Crippen molar-refractivity contribution >= 4 is 27.0 Å². The van der Waals surface area contributed by atoms with Gasteiger partial charge in [-0.15, -0.1) is 0 Å². The first-order valence-corrected chi connectivity index (χ1v) is 5.25. The minimum atomic E-state index is -2.56. The van der Waals surface area contributed by atoms with Crippen LogP contribution in [0.15, 0.2) is 16.9 Å². The number of fused-ring (bicyclic) bond motifs is 1. The quantitative estimate of drug-likeness (QED) is 0.920. The highest BCUT2D eigenvalue weighted by atomic mass is 79.9. The second-order valence-corrected chi connectivity index (χ2v) is 3.95. The number of nitrogens with one attached hydrogen (secondary N) is 1. The molecule has 0 amide bonds. The average molecular weight is 286 g/mol. The highest BCUT2D eigenvalue weighted by Crippen LogP contribution is 2.29. The summed E-state index contributed by atoms with van der Waals surface area (Å²) in [4.78, 5) is 6.77. The number of hydrogen-bond acceptors (Lipinski definition) is 2. The van der Waals surface area contributed by atoms with Crippen LogP contribution in [-0.4, -0.2) is 9.97 Å². The smallest absolute Gasteiger partial charge is 0.265 e. The normalized spacial score (nSPS) is 10.9. The van der Waals surface area contributed by atoms with Gasteiger partial charge >= 0.3 is 0 Å². The van der Waals surface area contributed by atoms with Gasteiger partial charge in [0.05, 0.1) is 23.5 Å². The average Bonchev–Trinajstić information content (AvgIpc) is 2.59. The number of imidazole rings is 1. The monoisotopic (exact) mass is 285 g/mol. The van der Waals surface area contributed by atoms with E-state index in [2.05, 4.69) is 25.9 Å². The molecule has 0 aliphatic rings. The van der Waals surface area contributed by atoms with Gasteiger partial charge in [0.1, 0.15) is 0 Å². The van der Waals surface area contributed by atoms with E-state index >= 15 is 0 Å². The molecule has 0 atom stereocenters. The topological polar surface area (TPSA) is 52.5 Å². The number of hydrogen-bond donors (Lipinski definition) is 1. The van der Waals surface area contributed by atoms with Gasteiger partial charge < -0.3 is 4.98 Å². The van der Waals surface area contributed by atoms with Gasteiger partial charge in [0.25, 0.3) is 6.43 Å². The minimum absolute atomic E-state index is 0.102. The van der Waals surface area contributed by atoms with E-state index in [1.807, 2.05) is 6.07 Å². The highest BCUT2D eigenvalue weighted by molar-refractivity contribution is 9.10. The number of aromatic nitrogens is 2. The molecule has 0 fully saturated rings. The Morgan fingerprint density at radius 1 is 1.50 bits per heavy atom. The van der Waals surface area contributed by atoms with E-state index < -0.39 is 6.43 Å². The van der Waals surface area contributed by atoms with Crippen LogP contribution in [0.5, 0.6) is 0 Å². The minimum Gasteiger partial charge on any atom is -0.332 e. The molecule has 1 heterocycles. The molecule has 6 heteroatoms. The summed E-state index contributed by atoms with van der Waals surface area (Å²) >= 11 is 3.10. The number of aromatic amines is 1.